The maximum atomic E-state index is 13.8. The number of benzene rings is 2. The first-order chi connectivity index (χ1) is 17.8. The van der Waals surface area contributed by atoms with Crippen LogP contribution in [-0.2, 0) is 14.3 Å². The molecule has 0 aromatic heterocycles. The lowest BCUT2D eigenvalue weighted by atomic mass is 9.98. The van der Waals surface area contributed by atoms with Gasteiger partial charge in [-0.1, -0.05) is 26.0 Å². The number of ether oxygens (including phenoxy) is 2. The number of carbonyl (C=O) groups excluding carboxylic acids is 3. The number of hydrogen-bond donors (Lipinski definition) is 3. The second-order valence-electron chi connectivity index (χ2n) is 10.7. The summed E-state index contributed by atoms with van der Waals surface area (Å²) in [6, 6.07) is 11.7. The number of methoxy groups -OCH3 is 1. The number of aromatic hydroxyl groups is 1. The van der Waals surface area contributed by atoms with E-state index in [2.05, 4.69) is 24.5 Å². The lowest BCUT2D eigenvalue weighted by Crippen LogP contribution is -2.50. The molecule has 0 saturated carbocycles. The molecule has 208 valence electrons. The lowest BCUT2D eigenvalue weighted by molar-refractivity contribution is -0.141. The fourth-order valence-corrected chi connectivity index (χ4v) is 3.93. The number of nitrogens with zero attached hydrogens (tertiary/aromatic N) is 1. The third kappa shape index (κ3) is 9.61. The highest BCUT2D eigenvalue weighted by Gasteiger charge is 2.35. The van der Waals surface area contributed by atoms with Crippen LogP contribution in [-0.4, -0.2) is 53.2 Å². The largest absolute Gasteiger partial charge is 0.508 e. The molecule has 0 bridgehead atoms. The van der Waals surface area contributed by atoms with Crippen LogP contribution < -0.4 is 15.4 Å². The highest BCUT2D eigenvalue weighted by Crippen LogP contribution is 2.30. The van der Waals surface area contributed by atoms with Crippen LogP contribution in [0.5, 0.6) is 11.5 Å². The Morgan fingerprint density at radius 2 is 1.66 bits per heavy atom. The van der Waals surface area contributed by atoms with Crippen molar-refractivity contribution in [1.82, 2.24) is 10.2 Å². The van der Waals surface area contributed by atoms with E-state index in [1.807, 2.05) is 6.92 Å². The van der Waals surface area contributed by atoms with Crippen LogP contribution in [0.4, 0.5) is 10.5 Å². The smallest absolute Gasteiger partial charge is 0.408 e. The predicted octanol–water partition coefficient (Wildman–Crippen LogP) is 5.26. The molecule has 0 radical (unpaired) electrons. The minimum Gasteiger partial charge on any atom is -0.508 e. The third-order valence-corrected chi connectivity index (χ3v) is 5.78. The van der Waals surface area contributed by atoms with E-state index in [-0.39, 0.29) is 18.3 Å². The van der Waals surface area contributed by atoms with Gasteiger partial charge in [-0.2, -0.15) is 0 Å². The number of alkyl carbamates (subject to hydrolysis) is 1. The lowest BCUT2D eigenvalue weighted by Gasteiger charge is -2.36. The van der Waals surface area contributed by atoms with Crippen molar-refractivity contribution in [2.24, 2.45) is 5.92 Å². The Morgan fingerprint density at radius 1 is 1.00 bits per heavy atom. The van der Waals surface area contributed by atoms with Crippen molar-refractivity contribution < 1.29 is 29.0 Å². The minimum atomic E-state index is -1.07. The molecule has 2 aromatic carbocycles. The van der Waals surface area contributed by atoms with Crippen LogP contribution in [0.3, 0.4) is 0 Å². The highest BCUT2D eigenvalue weighted by molar-refractivity contribution is 5.98. The molecule has 2 rings (SSSR count). The fraction of sp³-hybridized carbons (Fsp3) is 0.483. The molecular weight excluding hydrogens is 486 g/mol. The average molecular weight is 528 g/mol. The fourth-order valence-electron chi connectivity index (χ4n) is 3.93. The zero-order valence-electron chi connectivity index (χ0n) is 23.4. The normalized spacial score (nSPS) is 12.8. The number of phenolic OH excluding ortho intramolecular Hbond substituents is 1. The maximum Gasteiger partial charge on any atom is 0.408 e. The molecule has 9 nitrogen and oxygen atoms in total. The molecule has 2 aromatic rings. The second-order valence-corrected chi connectivity index (χ2v) is 10.7. The summed E-state index contributed by atoms with van der Waals surface area (Å²) in [7, 11) is 1.55. The minimum absolute atomic E-state index is 0.0288. The summed E-state index contributed by atoms with van der Waals surface area (Å²) in [4.78, 5) is 41.1. The van der Waals surface area contributed by atoms with Gasteiger partial charge in [0.15, 0.2) is 0 Å². The summed E-state index contributed by atoms with van der Waals surface area (Å²) in [5, 5.41) is 15.6. The number of amides is 3. The van der Waals surface area contributed by atoms with Crippen LogP contribution in [0, 0.1) is 5.92 Å². The van der Waals surface area contributed by atoms with Crippen molar-refractivity contribution in [3.8, 4) is 11.5 Å². The molecule has 3 amide bonds. The number of carbonyl (C=O) groups is 3. The van der Waals surface area contributed by atoms with Gasteiger partial charge in [-0.25, -0.2) is 4.79 Å². The highest BCUT2D eigenvalue weighted by atomic mass is 16.6. The monoisotopic (exact) mass is 527 g/mol. The molecule has 0 aliphatic rings. The topological polar surface area (TPSA) is 117 Å². The average Bonchev–Trinajstić information content (AvgIpc) is 2.83. The van der Waals surface area contributed by atoms with Crippen molar-refractivity contribution >= 4 is 23.6 Å². The van der Waals surface area contributed by atoms with Crippen molar-refractivity contribution in [1.29, 1.82) is 0 Å². The van der Waals surface area contributed by atoms with Crippen molar-refractivity contribution in [2.45, 2.75) is 72.1 Å². The summed E-state index contributed by atoms with van der Waals surface area (Å²) < 4.78 is 10.5. The van der Waals surface area contributed by atoms with E-state index < -0.39 is 29.6 Å². The molecule has 0 heterocycles. The Balaban J connectivity index is 2.43. The van der Waals surface area contributed by atoms with Gasteiger partial charge in [-0.3, -0.25) is 9.59 Å². The van der Waals surface area contributed by atoms with Crippen LogP contribution in [0.15, 0.2) is 48.5 Å². The Labute approximate surface area is 225 Å². The van der Waals surface area contributed by atoms with E-state index in [4.69, 9.17) is 9.47 Å². The Kier molecular flexibility index (Phi) is 11.0. The molecule has 2 atom stereocenters. The quantitative estimate of drug-likeness (QED) is 0.367. The number of anilines is 1. The Hall–Kier alpha value is -3.75. The second kappa shape index (κ2) is 13.7. The van der Waals surface area contributed by atoms with Gasteiger partial charge in [0.25, 0.3) is 5.91 Å². The first-order valence-electron chi connectivity index (χ1n) is 12.8. The third-order valence-electron chi connectivity index (χ3n) is 5.78. The molecule has 0 fully saturated rings. The zero-order chi connectivity index (χ0) is 28.5. The molecule has 0 saturated heterocycles. The van der Waals surface area contributed by atoms with Crippen LogP contribution in [0.2, 0.25) is 0 Å². The zero-order valence-corrected chi connectivity index (χ0v) is 23.4. The molecule has 0 aliphatic carbocycles. The summed E-state index contributed by atoms with van der Waals surface area (Å²) in [5.74, 6) is 0.0912. The SMILES string of the molecule is COc1ccc(NC(=O)C(c2cccc(O)c2)N(C(=O)CNC(=O)OC(C)(C)C)C(C)CCC(C)C)cc1. The van der Waals surface area contributed by atoms with Crippen LogP contribution in [0.1, 0.15) is 66.0 Å². The van der Waals surface area contributed by atoms with Gasteiger partial charge >= 0.3 is 6.09 Å². The van der Waals surface area contributed by atoms with E-state index in [1.54, 1.807) is 64.3 Å². The number of nitrogens with one attached hydrogen (secondary N) is 2. The molecule has 0 aliphatic heterocycles. The Morgan fingerprint density at radius 3 is 2.21 bits per heavy atom. The van der Waals surface area contributed by atoms with Crippen molar-refractivity contribution in [2.75, 3.05) is 19.0 Å². The van der Waals surface area contributed by atoms with Gasteiger partial charge in [0.1, 0.15) is 29.7 Å². The van der Waals surface area contributed by atoms with Gasteiger partial charge in [0.2, 0.25) is 5.91 Å². The van der Waals surface area contributed by atoms with Gasteiger partial charge < -0.3 is 30.1 Å². The van der Waals surface area contributed by atoms with Crippen LogP contribution in [0.25, 0.3) is 0 Å². The summed E-state index contributed by atoms with van der Waals surface area (Å²) in [6.07, 6.45) is 0.746. The summed E-state index contributed by atoms with van der Waals surface area (Å²) in [5.41, 5.74) is 0.243. The van der Waals surface area contributed by atoms with E-state index in [0.717, 1.165) is 6.42 Å². The maximum absolute atomic E-state index is 13.8. The molecule has 3 N–H and O–H groups in total. The first-order valence-corrected chi connectivity index (χ1v) is 12.8. The number of hydrogen-bond acceptors (Lipinski definition) is 6. The van der Waals surface area contributed by atoms with Crippen LogP contribution >= 0.6 is 0 Å². The molecule has 9 heteroatoms. The summed E-state index contributed by atoms with van der Waals surface area (Å²) in [6.45, 7) is 10.9. The van der Waals surface area contributed by atoms with E-state index in [9.17, 15) is 19.5 Å². The van der Waals surface area contributed by atoms with E-state index >= 15 is 0 Å². The van der Waals surface area contributed by atoms with Gasteiger partial charge in [-0.15, -0.1) is 0 Å². The standard InChI is InChI=1S/C29H41N3O6/c1-19(2)11-12-20(3)32(25(34)18-30-28(36)38-29(4,5)6)26(21-9-8-10-23(33)17-21)27(35)31-22-13-15-24(37-7)16-14-22/h8-10,13-17,19-20,26,33H,11-12,18H2,1-7H3,(H,30,36)(H,31,35). The van der Waals surface area contributed by atoms with Crippen molar-refractivity contribution in [3.63, 3.8) is 0 Å². The molecule has 0 spiro atoms. The van der Waals surface area contributed by atoms with Gasteiger partial charge in [0.05, 0.1) is 7.11 Å². The number of rotatable bonds is 11. The Bertz CT molecular complexity index is 1080. The molecular formula is C29H41N3O6. The first kappa shape index (κ1) is 30.5. The molecule has 38 heavy (non-hydrogen) atoms. The summed E-state index contributed by atoms with van der Waals surface area (Å²) >= 11 is 0. The van der Waals surface area contributed by atoms with E-state index in [0.29, 0.717) is 29.3 Å². The van der Waals surface area contributed by atoms with E-state index in [1.165, 1.54) is 17.0 Å². The molecule has 2 unspecified atom stereocenters. The van der Waals surface area contributed by atoms with Crippen molar-refractivity contribution in [3.05, 3.63) is 54.1 Å². The van der Waals surface area contributed by atoms with Gasteiger partial charge in [0, 0.05) is 11.7 Å². The number of phenols is 1. The predicted molar refractivity (Wildman–Crippen MR) is 147 cm³/mol. The van der Waals surface area contributed by atoms with Gasteiger partial charge in [-0.05, 0) is 88.4 Å².